The molecule has 4 N–H and O–H groups in total. The maximum absolute atomic E-state index is 12.5. The number of carbonyl (C=O) groups excluding carboxylic acids is 2. The van der Waals surface area contributed by atoms with E-state index in [2.05, 4.69) is 22.7 Å². The molecule has 0 aliphatic carbocycles. The highest BCUT2D eigenvalue weighted by atomic mass is 16.2. The first-order valence-electron chi connectivity index (χ1n) is 8.34. The lowest BCUT2D eigenvalue weighted by atomic mass is 10.1. The van der Waals surface area contributed by atoms with Crippen molar-refractivity contribution in [3.8, 4) is 0 Å². The lowest BCUT2D eigenvalue weighted by Gasteiger charge is -2.18. The Morgan fingerprint density at radius 1 is 1.28 bits per heavy atom. The lowest BCUT2D eigenvalue weighted by molar-refractivity contribution is -0.116. The van der Waals surface area contributed by atoms with Crippen LogP contribution in [0, 0.1) is 6.92 Å². The van der Waals surface area contributed by atoms with E-state index in [0.29, 0.717) is 17.1 Å². The molecule has 0 unspecified atom stereocenters. The van der Waals surface area contributed by atoms with Crippen molar-refractivity contribution in [1.29, 1.82) is 0 Å². The van der Waals surface area contributed by atoms with E-state index >= 15 is 0 Å². The Labute approximate surface area is 147 Å². The molecule has 2 aromatic rings. The first kappa shape index (κ1) is 18.5. The molecule has 0 spiro atoms. The number of nitrogens with two attached hydrogens (primary N) is 1. The van der Waals surface area contributed by atoms with Gasteiger partial charge in [-0.3, -0.25) is 9.59 Å². The van der Waals surface area contributed by atoms with Gasteiger partial charge < -0.3 is 16.4 Å². The van der Waals surface area contributed by atoms with E-state index in [1.54, 1.807) is 36.0 Å². The summed E-state index contributed by atoms with van der Waals surface area (Å²) in [7, 11) is 0. The Morgan fingerprint density at radius 3 is 2.64 bits per heavy atom. The van der Waals surface area contributed by atoms with Gasteiger partial charge in [-0.05, 0) is 44.9 Å². The van der Waals surface area contributed by atoms with Gasteiger partial charge >= 0.3 is 0 Å². The maximum Gasteiger partial charge on any atom is 0.249 e. The fourth-order valence-corrected chi connectivity index (χ4v) is 2.46. The molecule has 134 valence electrons. The third kappa shape index (κ3) is 4.37. The Balaban J connectivity index is 2.07. The zero-order valence-corrected chi connectivity index (χ0v) is 15.0. The minimum absolute atomic E-state index is 0.189. The number of nitrogens with zero attached hydrogens (tertiary/aromatic N) is 2. The van der Waals surface area contributed by atoms with E-state index in [9.17, 15) is 9.59 Å². The predicted octanol–water partition coefficient (Wildman–Crippen LogP) is 2.70. The Hall–Kier alpha value is -2.83. The van der Waals surface area contributed by atoms with Crippen LogP contribution in [-0.2, 0) is 4.79 Å². The molecule has 7 nitrogen and oxygen atoms in total. The van der Waals surface area contributed by atoms with Crippen molar-refractivity contribution in [2.75, 3.05) is 10.6 Å². The number of rotatable bonds is 7. The maximum atomic E-state index is 12.5. The summed E-state index contributed by atoms with van der Waals surface area (Å²) in [5.74, 6) is -0.0170. The van der Waals surface area contributed by atoms with E-state index in [4.69, 9.17) is 5.73 Å². The molecule has 7 heteroatoms. The van der Waals surface area contributed by atoms with Crippen LogP contribution in [0.25, 0.3) is 0 Å². The smallest absolute Gasteiger partial charge is 0.249 e. The number of aryl methyl sites for hydroxylation is 1. The number of hydrogen-bond acceptors (Lipinski definition) is 4. The first-order valence-corrected chi connectivity index (χ1v) is 8.34. The molecule has 0 fully saturated rings. The number of aromatic nitrogens is 2. The van der Waals surface area contributed by atoms with Gasteiger partial charge in [-0.25, -0.2) is 4.68 Å². The minimum atomic E-state index is -0.497. The van der Waals surface area contributed by atoms with E-state index < -0.39 is 11.9 Å². The summed E-state index contributed by atoms with van der Waals surface area (Å²) in [4.78, 5) is 23.9. The molecule has 0 bridgehead atoms. The van der Waals surface area contributed by atoms with Gasteiger partial charge in [0.15, 0.2) is 0 Å². The fourth-order valence-electron chi connectivity index (χ4n) is 2.46. The molecule has 25 heavy (non-hydrogen) atoms. The third-order valence-corrected chi connectivity index (χ3v) is 4.21. The molecular weight excluding hydrogens is 318 g/mol. The molecule has 0 aliphatic heterocycles. The predicted molar refractivity (Wildman–Crippen MR) is 98.6 cm³/mol. The third-order valence-electron chi connectivity index (χ3n) is 4.21. The number of carbonyl (C=O) groups is 2. The average molecular weight is 343 g/mol. The fraction of sp³-hybridized carbons (Fsp3) is 0.389. The molecule has 2 amide bonds. The highest BCUT2D eigenvalue weighted by Gasteiger charge is 2.17. The van der Waals surface area contributed by atoms with Crippen LogP contribution < -0.4 is 16.4 Å². The van der Waals surface area contributed by atoms with Crippen LogP contribution in [-0.4, -0.2) is 27.6 Å². The van der Waals surface area contributed by atoms with E-state index in [1.807, 2.05) is 19.9 Å². The van der Waals surface area contributed by atoms with Gasteiger partial charge in [-0.1, -0.05) is 13.0 Å². The lowest BCUT2D eigenvalue weighted by Crippen LogP contribution is -2.33. The number of anilines is 2. The molecular formula is C18H25N5O2. The largest absolute Gasteiger partial charge is 0.374 e. The summed E-state index contributed by atoms with van der Waals surface area (Å²) >= 11 is 0. The molecule has 0 aliphatic rings. The second kappa shape index (κ2) is 7.83. The minimum Gasteiger partial charge on any atom is -0.374 e. The van der Waals surface area contributed by atoms with Crippen LogP contribution >= 0.6 is 0 Å². The van der Waals surface area contributed by atoms with Crippen molar-refractivity contribution in [2.24, 2.45) is 5.73 Å². The molecule has 0 saturated heterocycles. The van der Waals surface area contributed by atoms with Crippen LogP contribution in [0.4, 0.5) is 11.5 Å². The van der Waals surface area contributed by atoms with Gasteiger partial charge in [0.25, 0.3) is 0 Å². The standard InChI is InChI=1S/C18H25N5O2/c1-5-12(3)23-16(8-9-20-23)22-18(25)13(4)21-14-7-6-11(2)15(10-14)17(19)24/h6-10,12-13,21H,5H2,1-4H3,(H2,19,24)(H,22,25)/t12-,13+/m1/s1. The van der Waals surface area contributed by atoms with E-state index in [0.717, 1.165) is 12.0 Å². The highest BCUT2D eigenvalue weighted by molar-refractivity contribution is 5.97. The number of benzene rings is 1. The number of amides is 2. The van der Waals surface area contributed by atoms with Crippen molar-refractivity contribution >= 4 is 23.3 Å². The Morgan fingerprint density at radius 2 is 2.00 bits per heavy atom. The van der Waals surface area contributed by atoms with Crippen LogP contribution in [0.15, 0.2) is 30.5 Å². The number of primary amides is 1. The first-order chi connectivity index (χ1) is 11.8. The highest BCUT2D eigenvalue weighted by Crippen LogP contribution is 2.18. The Bertz CT molecular complexity index is 769. The van der Waals surface area contributed by atoms with Gasteiger partial charge in [0.2, 0.25) is 11.8 Å². The molecule has 1 heterocycles. The summed E-state index contributed by atoms with van der Waals surface area (Å²) in [6.07, 6.45) is 2.58. The topological polar surface area (TPSA) is 102 Å². The zero-order chi connectivity index (χ0) is 18.6. The van der Waals surface area contributed by atoms with Crippen LogP contribution in [0.3, 0.4) is 0 Å². The molecule has 1 aromatic heterocycles. The van der Waals surface area contributed by atoms with Crippen molar-refractivity contribution in [1.82, 2.24) is 9.78 Å². The van der Waals surface area contributed by atoms with Gasteiger partial charge in [-0.15, -0.1) is 0 Å². The molecule has 1 aromatic carbocycles. The summed E-state index contributed by atoms with van der Waals surface area (Å²) < 4.78 is 1.79. The molecule has 2 rings (SSSR count). The van der Waals surface area contributed by atoms with E-state index in [-0.39, 0.29) is 11.9 Å². The normalized spacial score (nSPS) is 13.1. The van der Waals surface area contributed by atoms with Crippen molar-refractivity contribution < 1.29 is 9.59 Å². The second-order valence-corrected chi connectivity index (χ2v) is 6.17. The van der Waals surface area contributed by atoms with E-state index in [1.165, 1.54) is 0 Å². The SMILES string of the molecule is CC[C@@H](C)n1nccc1NC(=O)[C@H](C)Nc1ccc(C)c(C(N)=O)c1. The monoisotopic (exact) mass is 343 g/mol. The number of hydrogen-bond donors (Lipinski definition) is 3. The average Bonchev–Trinajstić information content (AvgIpc) is 3.03. The van der Waals surface area contributed by atoms with Crippen LogP contribution in [0.1, 0.15) is 49.2 Å². The Kier molecular flexibility index (Phi) is 5.80. The van der Waals surface area contributed by atoms with Crippen molar-refractivity contribution in [3.05, 3.63) is 41.6 Å². The van der Waals surface area contributed by atoms with Crippen molar-refractivity contribution in [3.63, 3.8) is 0 Å². The van der Waals surface area contributed by atoms with Crippen molar-refractivity contribution in [2.45, 2.75) is 46.2 Å². The zero-order valence-electron chi connectivity index (χ0n) is 15.0. The van der Waals surface area contributed by atoms with Gasteiger partial charge in [0, 0.05) is 17.3 Å². The molecule has 0 radical (unpaired) electrons. The van der Waals surface area contributed by atoms with Gasteiger partial charge in [-0.2, -0.15) is 5.10 Å². The summed E-state index contributed by atoms with van der Waals surface area (Å²) in [5, 5.41) is 10.2. The second-order valence-electron chi connectivity index (χ2n) is 6.17. The summed E-state index contributed by atoms with van der Waals surface area (Å²) in [6.45, 7) is 7.68. The van der Waals surface area contributed by atoms with Gasteiger partial charge in [0.1, 0.15) is 11.9 Å². The molecule has 0 saturated carbocycles. The summed E-state index contributed by atoms with van der Waals surface area (Å²) in [6, 6.07) is 6.74. The quantitative estimate of drug-likeness (QED) is 0.719. The summed E-state index contributed by atoms with van der Waals surface area (Å²) in [5.41, 5.74) is 7.27. The number of nitrogens with one attached hydrogen (secondary N) is 2. The van der Waals surface area contributed by atoms with Gasteiger partial charge in [0.05, 0.1) is 12.2 Å². The van der Waals surface area contributed by atoms with Crippen LogP contribution in [0.5, 0.6) is 0 Å². The van der Waals surface area contributed by atoms with Crippen LogP contribution in [0.2, 0.25) is 0 Å². The molecule has 2 atom stereocenters.